The summed E-state index contributed by atoms with van der Waals surface area (Å²) in [7, 11) is 1.61. The van der Waals surface area contributed by atoms with E-state index in [1.807, 2.05) is 31.2 Å². The molecule has 4 fully saturated rings. The quantitative estimate of drug-likeness (QED) is 0.415. The van der Waals surface area contributed by atoms with Crippen LogP contribution in [0.5, 0.6) is 5.75 Å². The van der Waals surface area contributed by atoms with Crippen molar-refractivity contribution in [1.29, 1.82) is 0 Å². The molecule has 1 saturated heterocycles. The summed E-state index contributed by atoms with van der Waals surface area (Å²) in [4.78, 5) is 41.3. The molecule has 3 heterocycles. The van der Waals surface area contributed by atoms with Gasteiger partial charge in [-0.1, -0.05) is 24.1 Å². The van der Waals surface area contributed by atoms with Gasteiger partial charge in [0.2, 0.25) is 0 Å². The Morgan fingerprint density at radius 3 is 2.58 bits per heavy atom. The van der Waals surface area contributed by atoms with Gasteiger partial charge in [0.05, 0.1) is 41.0 Å². The number of fused-ring (bicyclic) bond motifs is 1. The Balaban J connectivity index is 1.52. The smallest absolute Gasteiger partial charge is 0.332 e. The van der Waals surface area contributed by atoms with Crippen LogP contribution < -0.4 is 16.0 Å². The van der Waals surface area contributed by atoms with Gasteiger partial charge in [0, 0.05) is 18.8 Å². The molecular weight excluding hydrogens is 532 g/mol. The van der Waals surface area contributed by atoms with Gasteiger partial charge in [-0.3, -0.25) is 18.7 Å². The van der Waals surface area contributed by atoms with Gasteiger partial charge >= 0.3 is 11.7 Å². The van der Waals surface area contributed by atoms with Crippen molar-refractivity contribution in [2.75, 3.05) is 20.3 Å². The molecule has 4 aliphatic rings. The average Bonchev–Trinajstić information content (AvgIpc) is 3.22. The molecule has 9 nitrogen and oxygen atoms in total. The molecule has 7 rings (SSSR count). The highest BCUT2D eigenvalue weighted by Crippen LogP contribution is 2.70. The van der Waals surface area contributed by atoms with Crippen LogP contribution in [0.3, 0.4) is 0 Å². The fourth-order valence-corrected chi connectivity index (χ4v) is 7.92. The van der Waals surface area contributed by atoms with Crippen molar-refractivity contribution in [2.24, 2.45) is 5.41 Å². The molecule has 1 atom stereocenters. The highest BCUT2D eigenvalue weighted by Gasteiger charge is 2.74. The lowest BCUT2D eigenvalue weighted by molar-refractivity contribution is -0.215. The minimum absolute atomic E-state index is 0.0552. The largest absolute Gasteiger partial charge is 0.496 e. The van der Waals surface area contributed by atoms with E-state index in [-0.39, 0.29) is 37.5 Å². The molecule has 40 heavy (non-hydrogen) atoms. The topological polar surface area (TPSA) is 109 Å². The first-order valence-corrected chi connectivity index (χ1v) is 14.4. The minimum Gasteiger partial charge on any atom is -0.496 e. The number of methoxy groups -OCH3 is 1. The van der Waals surface area contributed by atoms with E-state index >= 15 is 0 Å². The lowest BCUT2D eigenvalue weighted by Gasteiger charge is -2.67. The molecule has 10 heteroatoms. The number of ether oxygens (including phenoxy) is 3. The van der Waals surface area contributed by atoms with Gasteiger partial charge in [0.1, 0.15) is 16.7 Å². The maximum absolute atomic E-state index is 14.3. The summed E-state index contributed by atoms with van der Waals surface area (Å²) in [5, 5.41) is 10.2. The Bertz CT molecular complexity index is 1660. The van der Waals surface area contributed by atoms with Crippen molar-refractivity contribution in [3.8, 4) is 17.6 Å². The molecule has 2 aromatic heterocycles. The molecule has 0 amide bonds. The molecule has 1 N–H and O–H groups in total. The summed E-state index contributed by atoms with van der Waals surface area (Å²) in [6, 6.07) is 7.60. The van der Waals surface area contributed by atoms with E-state index < -0.39 is 28.7 Å². The maximum atomic E-state index is 14.3. The first-order valence-electron chi connectivity index (χ1n) is 13.6. The summed E-state index contributed by atoms with van der Waals surface area (Å²) in [5.74, 6) is 5.79. The Kier molecular flexibility index (Phi) is 6.64. The van der Waals surface area contributed by atoms with E-state index in [4.69, 9.17) is 14.2 Å². The second-order valence-electron chi connectivity index (χ2n) is 11.2. The van der Waals surface area contributed by atoms with Crippen LogP contribution in [0.1, 0.15) is 61.1 Å². The molecule has 3 aliphatic carbocycles. The van der Waals surface area contributed by atoms with Crippen molar-refractivity contribution in [2.45, 2.75) is 70.2 Å². The van der Waals surface area contributed by atoms with Gasteiger partial charge in [-0.05, 0) is 57.6 Å². The number of carboxylic acids is 1. The predicted octanol–water partition coefficient (Wildman–Crippen LogP) is 3.81. The second kappa shape index (κ2) is 9.91. The number of hydrogen-bond donors (Lipinski definition) is 1. The Labute approximate surface area is 235 Å². The van der Waals surface area contributed by atoms with E-state index in [0.29, 0.717) is 29.2 Å². The van der Waals surface area contributed by atoms with Crippen LogP contribution in [0.4, 0.5) is 0 Å². The SMILES string of the molecule is CC#Cc1sc2c(c1C)c(=O)n(C13CC(C(=O)O)(C1)C3)c(=O)n2C[C@H](OC1CCOCC1)c1ccccc1OC. The first kappa shape index (κ1) is 26.8. The van der Waals surface area contributed by atoms with Crippen LogP contribution in [-0.4, -0.2) is 46.6 Å². The van der Waals surface area contributed by atoms with Crippen LogP contribution >= 0.6 is 11.3 Å². The molecule has 0 radical (unpaired) electrons. The third-order valence-corrected chi connectivity index (χ3v) is 9.97. The number of carboxylic acid groups (broad SMARTS) is 1. The van der Waals surface area contributed by atoms with Crippen LogP contribution in [-0.2, 0) is 26.4 Å². The molecule has 2 bridgehead atoms. The van der Waals surface area contributed by atoms with E-state index in [0.717, 1.165) is 28.8 Å². The van der Waals surface area contributed by atoms with Gasteiger partial charge < -0.3 is 19.3 Å². The third kappa shape index (κ3) is 4.02. The zero-order chi connectivity index (χ0) is 28.2. The molecule has 1 aromatic carbocycles. The summed E-state index contributed by atoms with van der Waals surface area (Å²) >= 11 is 1.33. The molecular formula is C30H32N2O7S. The van der Waals surface area contributed by atoms with Crippen molar-refractivity contribution < 1.29 is 24.1 Å². The summed E-state index contributed by atoms with van der Waals surface area (Å²) in [5.41, 5.74) is -0.863. The number of rotatable bonds is 8. The molecule has 210 valence electrons. The lowest BCUT2D eigenvalue weighted by Crippen LogP contribution is -2.74. The molecule has 3 saturated carbocycles. The fraction of sp³-hybridized carbons (Fsp3) is 0.500. The van der Waals surface area contributed by atoms with Crippen molar-refractivity contribution in [1.82, 2.24) is 9.13 Å². The molecule has 0 spiro atoms. The normalized spacial score (nSPS) is 24.5. The van der Waals surface area contributed by atoms with Gasteiger partial charge in [0.15, 0.2) is 0 Å². The standard InChI is InChI=1S/C30H32N2O7S/c1-4-7-23-18(2)24-25(33)32(30-15-29(16-30,17-30)27(34)35)28(36)31(26(24)40-23)14-22(39-19-10-12-38-13-11-19)20-8-5-6-9-21(20)37-3/h5-6,8-9,19,22H,10-17H2,1-3H3,(H,34,35)/t22-,29?,30?/m0/s1. The lowest BCUT2D eigenvalue weighted by atomic mass is 9.39. The van der Waals surface area contributed by atoms with Gasteiger partial charge in [0.25, 0.3) is 5.56 Å². The van der Waals surface area contributed by atoms with Gasteiger partial charge in [-0.25, -0.2) is 4.79 Å². The summed E-state index contributed by atoms with van der Waals surface area (Å²) in [6.07, 6.45) is 1.75. The van der Waals surface area contributed by atoms with E-state index in [9.17, 15) is 19.5 Å². The van der Waals surface area contributed by atoms with E-state index in [2.05, 4.69) is 11.8 Å². The first-order chi connectivity index (χ1) is 19.2. The van der Waals surface area contributed by atoms with E-state index in [1.54, 1.807) is 18.6 Å². The minimum atomic E-state index is -0.864. The number of aromatic nitrogens is 2. The third-order valence-electron chi connectivity index (χ3n) is 8.74. The number of thiophene rings is 1. The number of benzene rings is 1. The zero-order valence-corrected chi connectivity index (χ0v) is 23.6. The second-order valence-corrected chi connectivity index (χ2v) is 12.2. The van der Waals surface area contributed by atoms with E-state index in [1.165, 1.54) is 15.9 Å². The van der Waals surface area contributed by atoms with Crippen LogP contribution in [0.15, 0.2) is 33.9 Å². The Morgan fingerprint density at radius 1 is 1.23 bits per heavy atom. The number of aliphatic carboxylic acids is 1. The highest BCUT2D eigenvalue weighted by molar-refractivity contribution is 7.19. The van der Waals surface area contributed by atoms with Crippen molar-refractivity contribution >= 4 is 27.5 Å². The maximum Gasteiger partial charge on any atom is 0.332 e. The number of carbonyl (C=O) groups is 1. The predicted molar refractivity (Wildman–Crippen MR) is 150 cm³/mol. The molecule has 0 unspecified atom stereocenters. The highest BCUT2D eigenvalue weighted by atomic mass is 32.1. The Hall–Kier alpha value is -3.39. The van der Waals surface area contributed by atoms with Gasteiger partial charge in [-0.2, -0.15) is 0 Å². The summed E-state index contributed by atoms with van der Waals surface area (Å²) < 4.78 is 20.8. The number of nitrogens with zero attached hydrogens (tertiary/aromatic N) is 2. The zero-order valence-electron chi connectivity index (χ0n) is 22.8. The fourth-order valence-electron chi connectivity index (χ4n) is 6.71. The number of para-hydroxylation sites is 1. The van der Waals surface area contributed by atoms with Crippen LogP contribution in [0.2, 0.25) is 0 Å². The number of aryl methyl sites for hydroxylation is 1. The van der Waals surface area contributed by atoms with Crippen LogP contribution in [0.25, 0.3) is 10.2 Å². The number of hydrogen-bond acceptors (Lipinski definition) is 7. The monoisotopic (exact) mass is 564 g/mol. The molecule has 3 aromatic rings. The van der Waals surface area contributed by atoms with Crippen molar-refractivity contribution in [3.63, 3.8) is 0 Å². The average molecular weight is 565 g/mol. The van der Waals surface area contributed by atoms with Crippen molar-refractivity contribution in [3.05, 3.63) is 61.1 Å². The molecule has 1 aliphatic heterocycles. The van der Waals surface area contributed by atoms with Gasteiger partial charge in [-0.15, -0.1) is 17.3 Å². The Morgan fingerprint density at radius 2 is 1.93 bits per heavy atom. The van der Waals surface area contributed by atoms with Crippen LogP contribution in [0, 0.1) is 24.2 Å². The summed E-state index contributed by atoms with van der Waals surface area (Å²) in [6.45, 7) is 4.97.